The van der Waals surface area contributed by atoms with E-state index in [0.717, 1.165) is 0 Å². The van der Waals surface area contributed by atoms with Crippen molar-refractivity contribution in [2.45, 2.75) is 24.9 Å². The van der Waals surface area contributed by atoms with Crippen LogP contribution in [0, 0.1) is 0 Å². The summed E-state index contributed by atoms with van der Waals surface area (Å²) in [5.41, 5.74) is 10.8. The highest BCUT2D eigenvalue weighted by Gasteiger charge is 2.09. The molecule has 5 nitrogen and oxygen atoms in total. The monoisotopic (exact) mass is 226 g/mol. The molecule has 0 bridgehead atoms. The van der Waals surface area contributed by atoms with Crippen LogP contribution in [0.1, 0.15) is 30.0 Å². The number of hydrogen-bond donors (Lipinski definition) is 2. The van der Waals surface area contributed by atoms with Gasteiger partial charge in [-0.1, -0.05) is 13.8 Å². The summed E-state index contributed by atoms with van der Waals surface area (Å²) in [5.74, 6) is 0.851. The number of nitrogens with two attached hydrogens (primary N) is 2. The lowest BCUT2D eigenvalue weighted by molar-refractivity contribution is 0.100. The molecule has 0 spiro atoms. The van der Waals surface area contributed by atoms with Crippen molar-refractivity contribution < 1.29 is 4.79 Å². The lowest BCUT2D eigenvalue weighted by Gasteiger charge is -2.05. The van der Waals surface area contributed by atoms with Gasteiger partial charge in [0.25, 0.3) is 5.91 Å². The third-order valence-electron chi connectivity index (χ3n) is 1.68. The van der Waals surface area contributed by atoms with Crippen LogP contribution in [0.5, 0.6) is 0 Å². The van der Waals surface area contributed by atoms with Gasteiger partial charge in [0.2, 0.25) is 0 Å². The Morgan fingerprint density at radius 3 is 2.73 bits per heavy atom. The van der Waals surface area contributed by atoms with E-state index in [-0.39, 0.29) is 11.4 Å². The average molecular weight is 226 g/mol. The molecule has 15 heavy (non-hydrogen) atoms. The Kier molecular flexibility index (Phi) is 3.90. The molecule has 1 aromatic rings. The third-order valence-corrected chi connectivity index (χ3v) is 2.77. The van der Waals surface area contributed by atoms with Gasteiger partial charge in [-0.15, -0.1) is 0 Å². The minimum atomic E-state index is -0.601. The van der Waals surface area contributed by atoms with Gasteiger partial charge in [-0.3, -0.25) is 4.79 Å². The summed E-state index contributed by atoms with van der Waals surface area (Å²) in [6, 6.07) is 0. The number of anilines is 1. The number of aromatic nitrogens is 2. The predicted molar refractivity (Wildman–Crippen MR) is 61.4 cm³/mol. The second-order valence-corrected chi connectivity index (χ2v) is 4.87. The summed E-state index contributed by atoms with van der Waals surface area (Å²) >= 11 is 1.71. The number of thioether (sulfide) groups is 1. The van der Waals surface area contributed by atoms with Gasteiger partial charge < -0.3 is 11.5 Å². The van der Waals surface area contributed by atoms with Crippen LogP contribution >= 0.6 is 11.8 Å². The van der Waals surface area contributed by atoms with Gasteiger partial charge in [-0.2, -0.15) is 11.8 Å². The number of nitrogen functional groups attached to an aromatic ring is 1. The van der Waals surface area contributed by atoms with Gasteiger partial charge in [-0.05, 0) is 5.25 Å². The molecule has 0 saturated carbocycles. The summed E-state index contributed by atoms with van der Waals surface area (Å²) in [6.45, 7) is 4.18. The molecule has 0 aliphatic rings. The Morgan fingerprint density at radius 2 is 2.27 bits per heavy atom. The van der Waals surface area contributed by atoms with E-state index in [0.29, 0.717) is 16.8 Å². The summed E-state index contributed by atoms with van der Waals surface area (Å²) in [4.78, 5) is 18.9. The zero-order valence-corrected chi connectivity index (χ0v) is 9.54. The molecule has 0 fully saturated rings. The van der Waals surface area contributed by atoms with Crippen molar-refractivity contribution in [1.29, 1.82) is 0 Å². The lowest BCUT2D eigenvalue weighted by Crippen LogP contribution is -2.15. The standard InChI is InChI=1S/C9H14N4OS/c1-5(2)15-4-7-12-3-6(9(11)14)8(10)13-7/h3,5H,4H2,1-2H3,(H2,11,14)(H2,10,12,13). The molecule has 0 aliphatic heterocycles. The van der Waals surface area contributed by atoms with Crippen LogP contribution in [0.25, 0.3) is 0 Å². The highest BCUT2D eigenvalue weighted by Crippen LogP contribution is 2.15. The Labute approximate surface area is 92.7 Å². The fourth-order valence-electron chi connectivity index (χ4n) is 0.934. The number of rotatable bonds is 4. The molecule has 0 atom stereocenters. The van der Waals surface area contributed by atoms with Crippen LogP contribution in [-0.2, 0) is 5.75 Å². The fourth-order valence-corrected chi connectivity index (χ4v) is 1.56. The van der Waals surface area contributed by atoms with E-state index in [4.69, 9.17) is 11.5 Å². The van der Waals surface area contributed by atoms with Crippen LogP contribution in [0.3, 0.4) is 0 Å². The maximum Gasteiger partial charge on any atom is 0.254 e. The second-order valence-electron chi connectivity index (χ2n) is 3.31. The molecule has 1 aromatic heterocycles. The van der Waals surface area contributed by atoms with Crippen LogP contribution in [0.15, 0.2) is 6.20 Å². The number of nitrogens with zero attached hydrogens (tertiary/aromatic N) is 2. The molecule has 4 N–H and O–H groups in total. The molecule has 0 saturated heterocycles. The van der Waals surface area contributed by atoms with Crippen LogP contribution in [0.4, 0.5) is 5.82 Å². The van der Waals surface area contributed by atoms with E-state index in [1.54, 1.807) is 11.8 Å². The topological polar surface area (TPSA) is 94.9 Å². The first-order chi connectivity index (χ1) is 7.00. The van der Waals surface area contributed by atoms with E-state index in [9.17, 15) is 4.79 Å². The Hall–Kier alpha value is -1.30. The first-order valence-electron chi connectivity index (χ1n) is 4.53. The maximum atomic E-state index is 10.9. The van der Waals surface area contributed by atoms with Crippen molar-refractivity contribution >= 4 is 23.5 Å². The van der Waals surface area contributed by atoms with E-state index in [2.05, 4.69) is 23.8 Å². The molecule has 82 valence electrons. The molecule has 0 aliphatic carbocycles. The van der Waals surface area contributed by atoms with Gasteiger partial charge in [0, 0.05) is 6.20 Å². The van der Waals surface area contributed by atoms with Crippen molar-refractivity contribution in [3.8, 4) is 0 Å². The predicted octanol–water partition coefficient (Wildman–Crippen LogP) is 0.799. The van der Waals surface area contributed by atoms with Gasteiger partial charge in [0.05, 0.1) is 11.3 Å². The third kappa shape index (κ3) is 3.39. The molecule has 1 heterocycles. The van der Waals surface area contributed by atoms with Gasteiger partial charge in [0.15, 0.2) is 0 Å². The van der Waals surface area contributed by atoms with Gasteiger partial charge in [0.1, 0.15) is 11.6 Å². The average Bonchev–Trinajstić information content (AvgIpc) is 2.14. The zero-order chi connectivity index (χ0) is 11.4. The van der Waals surface area contributed by atoms with Crippen LogP contribution in [-0.4, -0.2) is 21.1 Å². The Morgan fingerprint density at radius 1 is 1.60 bits per heavy atom. The second kappa shape index (κ2) is 4.97. The highest BCUT2D eigenvalue weighted by atomic mass is 32.2. The molecule has 0 radical (unpaired) electrons. The summed E-state index contributed by atoms with van der Waals surface area (Å²) in [6.07, 6.45) is 1.38. The molecule has 1 rings (SSSR count). The number of carbonyl (C=O) groups excluding carboxylic acids is 1. The van der Waals surface area contributed by atoms with E-state index >= 15 is 0 Å². The number of amides is 1. The molecule has 6 heteroatoms. The van der Waals surface area contributed by atoms with Crippen molar-refractivity contribution in [1.82, 2.24) is 9.97 Å². The van der Waals surface area contributed by atoms with Crippen LogP contribution < -0.4 is 11.5 Å². The summed E-state index contributed by atoms with van der Waals surface area (Å²) < 4.78 is 0. The minimum Gasteiger partial charge on any atom is -0.383 e. The summed E-state index contributed by atoms with van der Waals surface area (Å²) in [7, 11) is 0. The van der Waals surface area contributed by atoms with Crippen molar-refractivity contribution in [2.24, 2.45) is 5.73 Å². The quantitative estimate of drug-likeness (QED) is 0.791. The van der Waals surface area contributed by atoms with Crippen molar-refractivity contribution in [2.75, 3.05) is 5.73 Å². The lowest BCUT2D eigenvalue weighted by atomic mass is 10.3. The molecule has 1 amide bonds. The maximum absolute atomic E-state index is 10.9. The molecule has 0 unspecified atom stereocenters. The molecular formula is C9H14N4OS. The molecular weight excluding hydrogens is 212 g/mol. The highest BCUT2D eigenvalue weighted by molar-refractivity contribution is 7.99. The first kappa shape index (κ1) is 11.8. The van der Waals surface area contributed by atoms with Crippen molar-refractivity contribution in [3.63, 3.8) is 0 Å². The van der Waals surface area contributed by atoms with Gasteiger partial charge in [-0.25, -0.2) is 9.97 Å². The number of hydrogen-bond acceptors (Lipinski definition) is 5. The number of carbonyl (C=O) groups is 1. The minimum absolute atomic E-state index is 0.150. The van der Waals surface area contributed by atoms with E-state index in [1.165, 1.54) is 6.20 Å². The van der Waals surface area contributed by atoms with Crippen molar-refractivity contribution in [3.05, 3.63) is 17.6 Å². The number of primary amides is 1. The first-order valence-corrected chi connectivity index (χ1v) is 5.58. The normalized spacial score (nSPS) is 10.6. The smallest absolute Gasteiger partial charge is 0.254 e. The van der Waals surface area contributed by atoms with E-state index in [1.807, 2.05) is 0 Å². The van der Waals surface area contributed by atoms with E-state index < -0.39 is 5.91 Å². The zero-order valence-electron chi connectivity index (χ0n) is 8.73. The largest absolute Gasteiger partial charge is 0.383 e. The fraction of sp³-hybridized carbons (Fsp3) is 0.444. The van der Waals surface area contributed by atoms with Crippen LogP contribution in [0.2, 0.25) is 0 Å². The Bertz CT molecular complexity index is 367. The molecule has 0 aromatic carbocycles. The Balaban J connectivity index is 2.78. The van der Waals surface area contributed by atoms with Gasteiger partial charge >= 0.3 is 0 Å². The summed E-state index contributed by atoms with van der Waals surface area (Å²) in [5, 5.41) is 0.505. The SMILES string of the molecule is CC(C)SCc1ncc(C(N)=O)c(N)n1.